The summed E-state index contributed by atoms with van der Waals surface area (Å²) in [5.74, 6) is 0.847. The fourth-order valence-electron chi connectivity index (χ4n) is 3.89. The molecule has 1 fully saturated rings. The van der Waals surface area contributed by atoms with Gasteiger partial charge in [-0.15, -0.1) is 0 Å². The number of aromatic nitrogens is 1. The SMILES string of the molecule is Cc1cc(NCC(CO)C2CCCCC2)c2cc(OC(F)F)ccc2n1. The number of pyridine rings is 1. The highest BCUT2D eigenvalue weighted by Gasteiger charge is 2.23. The highest BCUT2D eigenvalue weighted by atomic mass is 19.3. The Kier molecular flexibility index (Phi) is 6.25. The van der Waals surface area contributed by atoms with Crippen LogP contribution in [-0.4, -0.2) is 29.9 Å². The van der Waals surface area contributed by atoms with Crippen molar-refractivity contribution >= 4 is 16.6 Å². The first-order valence-corrected chi connectivity index (χ1v) is 9.27. The highest BCUT2D eigenvalue weighted by molar-refractivity contribution is 5.92. The monoisotopic (exact) mass is 364 g/mol. The summed E-state index contributed by atoms with van der Waals surface area (Å²) in [6.07, 6.45) is 6.06. The standard InChI is InChI=1S/C20H26F2N2O2/c1-13-9-19(23-11-15(12-25)14-5-3-2-4-6-14)17-10-16(26-20(21)22)7-8-18(17)24-13/h7-10,14-15,20,25H,2-6,11-12H2,1H3,(H,23,24). The molecule has 1 aromatic carbocycles. The van der Waals surface area contributed by atoms with Crippen molar-refractivity contribution in [2.45, 2.75) is 45.6 Å². The second kappa shape index (κ2) is 8.62. The van der Waals surface area contributed by atoms with Crippen LogP contribution in [0.25, 0.3) is 10.9 Å². The van der Waals surface area contributed by atoms with Gasteiger partial charge in [0.15, 0.2) is 0 Å². The van der Waals surface area contributed by atoms with Crippen molar-refractivity contribution in [1.29, 1.82) is 0 Å². The number of alkyl halides is 2. The number of rotatable bonds is 7. The number of anilines is 1. The summed E-state index contributed by atoms with van der Waals surface area (Å²) in [6.45, 7) is -0.148. The van der Waals surface area contributed by atoms with Gasteiger partial charge in [0.2, 0.25) is 0 Å². The molecular formula is C20H26F2N2O2. The van der Waals surface area contributed by atoms with Crippen molar-refractivity contribution in [2.24, 2.45) is 11.8 Å². The Bertz CT molecular complexity index is 733. The number of nitrogens with one attached hydrogen (secondary N) is 1. The molecular weight excluding hydrogens is 338 g/mol. The zero-order valence-corrected chi connectivity index (χ0v) is 15.0. The van der Waals surface area contributed by atoms with Gasteiger partial charge in [0.25, 0.3) is 0 Å². The molecule has 0 radical (unpaired) electrons. The quantitative estimate of drug-likeness (QED) is 0.745. The predicted octanol–water partition coefficient (Wildman–Crippen LogP) is 4.75. The van der Waals surface area contributed by atoms with Gasteiger partial charge in [0.1, 0.15) is 5.75 Å². The summed E-state index contributed by atoms with van der Waals surface area (Å²) in [5.41, 5.74) is 2.41. The van der Waals surface area contributed by atoms with Gasteiger partial charge in [-0.25, -0.2) is 0 Å². The lowest BCUT2D eigenvalue weighted by Crippen LogP contribution is -2.28. The van der Waals surface area contributed by atoms with Gasteiger partial charge in [0, 0.05) is 35.8 Å². The Balaban J connectivity index is 1.80. The van der Waals surface area contributed by atoms with E-state index < -0.39 is 6.61 Å². The molecule has 0 bridgehead atoms. The maximum absolute atomic E-state index is 12.5. The first-order valence-electron chi connectivity index (χ1n) is 9.27. The van der Waals surface area contributed by atoms with Crippen LogP contribution in [0.15, 0.2) is 24.3 Å². The largest absolute Gasteiger partial charge is 0.435 e. The number of nitrogens with zero attached hydrogens (tertiary/aromatic N) is 1. The third-order valence-corrected chi connectivity index (χ3v) is 5.24. The lowest BCUT2D eigenvalue weighted by atomic mass is 9.80. The molecule has 1 aromatic heterocycles. The van der Waals surface area contributed by atoms with Crippen LogP contribution >= 0.6 is 0 Å². The molecule has 1 aliphatic rings. The van der Waals surface area contributed by atoms with Crippen LogP contribution in [0, 0.1) is 18.8 Å². The molecule has 1 saturated carbocycles. The minimum absolute atomic E-state index is 0.118. The van der Waals surface area contributed by atoms with E-state index in [2.05, 4.69) is 15.0 Å². The van der Waals surface area contributed by atoms with E-state index in [1.54, 1.807) is 12.1 Å². The molecule has 1 aliphatic carbocycles. The number of halogens is 2. The predicted molar refractivity (Wildman–Crippen MR) is 98.8 cm³/mol. The maximum Gasteiger partial charge on any atom is 0.387 e. The Morgan fingerprint density at radius 3 is 2.69 bits per heavy atom. The summed E-state index contributed by atoms with van der Waals surface area (Å²) in [5, 5.41) is 14.0. The molecule has 4 nitrogen and oxygen atoms in total. The van der Waals surface area contributed by atoms with Crippen LogP contribution in [0.1, 0.15) is 37.8 Å². The summed E-state index contributed by atoms with van der Waals surface area (Å²) in [4.78, 5) is 4.46. The van der Waals surface area contributed by atoms with Gasteiger partial charge in [-0.3, -0.25) is 4.98 Å². The molecule has 0 amide bonds. The number of aliphatic hydroxyl groups is 1. The topological polar surface area (TPSA) is 54.4 Å². The molecule has 3 rings (SSSR count). The van der Waals surface area contributed by atoms with Gasteiger partial charge >= 0.3 is 6.61 Å². The summed E-state index contributed by atoms with van der Waals surface area (Å²) in [7, 11) is 0. The van der Waals surface area contributed by atoms with Crippen LogP contribution in [-0.2, 0) is 0 Å². The first-order chi connectivity index (χ1) is 12.6. The van der Waals surface area contributed by atoms with Gasteiger partial charge in [-0.05, 0) is 37.1 Å². The third kappa shape index (κ3) is 4.61. The van der Waals surface area contributed by atoms with E-state index in [1.807, 2.05) is 13.0 Å². The molecule has 2 aromatic rings. The van der Waals surface area contributed by atoms with Crippen LogP contribution in [0.5, 0.6) is 5.75 Å². The van der Waals surface area contributed by atoms with E-state index >= 15 is 0 Å². The Morgan fingerprint density at radius 1 is 1.23 bits per heavy atom. The van der Waals surface area contributed by atoms with Gasteiger partial charge in [-0.1, -0.05) is 32.1 Å². The molecule has 26 heavy (non-hydrogen) atoms. The number of aliphatic hydroxyl groups excluding tert-OH is 1. The molecule has 2 N–H and O–H groups in total. The van der Waals surface area contributed by atoms with E-state index in [1.165, 1.54) is 25.3 Å². The molecule has 142 valence electrons. The summed E-state index contributed by atoms with van der Waals surface area (Å²) < 4.78 is 29.5. The van der Waals surface area contributed by atoms with Gasteiger partial charge in [0.05, 0.1) is 5.52 Å². The van der Waals surface area contributed by atoms with Crippen molar-refractivity contribution in [3.63, 3.8) is 0 Å². The minimum atomic E-state index is -2.85. The molecule has 1 atom stereocenters. The Hall–Kier alpha value is -1.95. The zero-order valence-electron chi connectivity index (χ0n) is 15.0. The zero-order chi connectivity index (χ0) is 18.5. The second-order valence-corrected chi connectivity index (χ2v) is 7.09. The van der Waals surface area contributed by atoms with E-state index in [-0.39, 0.29) is 18.3 Å². The van der Waals surface area contributed by atoms with Crippen molar-refractivity contribution in [3.05, 3.63) is 30.0 Å². The number of hydrogen-bond acceptors (Lipinski definition) is 4. The molecule has 0 spiro atoms. The Labute approximate surface area is 152 Å². The van der Waals surface area contributed by atoms with Crippen LogP contribution in [0.2, 0.25) is 0 Å². The van der Waals surface area contributed by atoms with Crippen molar-refractivity contribution < 1.29 is 18.6 Å². The van der Waals surface area contributed by atoms with Crippen LogP contribution in [0.4, 0.5) is 14.5 Å². The average molecular weight is 364 g/mol. The van der Waals surface area contributed by atoms with E-state index in [0.717, 1.165) is 35.1 Å². The molecule has 6 heteroatoms. The van der Waals surface area contributed by atoms with Crippen LogP contribution < -0.4 is 10.1 Å². The van der Waals surface area contributed by atoms with Crippen molar-refractivity contribution in [2.75, 3.05) is 18.5 Å². The third-order valence-electron chi connectivity index (χ3n) is 5.24. The van der Waals surface area contributed by atoms with Crippen molar-refractivity contribution in [3.8, 4) is 5.75 Å². The highest BCUT2D eigenvalue weighted by Crippen LogP contribution is 2.32. The lowest BCUT2D eigenvalue weighted by molar-refractivity contribution is -0.0497. The fraction of sp³-hybridized carbons (Fsp3) is 0.550. The van der Waals surface area contributed by atoms with Crippen molar-refractivity contribution in [1.82, 2.24) is 4.98 Å². The minimum Gasteiger partial charge on any atom is -0.435 e. The van der Waals surface area contributed by atoms with Gasteiger partial charge < -0.3 is 15.2 Å². The average Bonchev–Trinajstić information content (AvgIpc) is 2.63. The van der Waals surface area contributed by atoms with Gasteiger partial charge in [-0.2, -0.15) is 8.78 Å². The normalized spacial score (nSPS) is 16.8. The second-order valence-electron chi connectivity index (χ2n) is 7.09. The lowest BCUT2D eigenvalue weighted by Gasteiger charge is -2.29. The van der Waals surface area contributed by atoms with E-state index in [4.69, 9.17) is 0 Å². The molecule has 0 saturated heterocycles. The number of ether oxygens (including phenoxy) is 1. The summed E-state index contributed by atoms with van der Waals surface area (Å²) >= 11 is 0. The number of fused-ring (bicyclic) bond motifs is 1. The number of benzene rings is 1. The Morgan fingerprint density at radius 2 is 2.00 bits per heavy atom. The molecule has 0 aliphatic heterocycles. The summed E-state index contributed by atoms with van der Waals surface area (Å²) in [6, 6.07) is 6.69. The van der Waals surface area contributed by atoms with Crippen LogP contribution in [0.3, 0.4) is 0 Å². The molecule has 1 unspecified atom stereocenters. The maximum atomic E-state index is 12.5. The number of aryl methyl sites for hydroxylation is 1. The van der Waals surface area contributed by atoms with E-state index in [9.17, 15) is 13.9 Å². The molecule has 1 heterocycles. The smallest absolute Gasteiger partial charge is 0.387 e. The number of hydrogen-bond donors (Lipinski definition) is 2. The first kappa shape index (κ1) is 18.8. The fourth-order valence-corrected chi connectivity index (χ4v) is 3.89. The van der Waals surface area contributed by atoms with E-state index in [0.29, 0.717) is 12.5 Å².